The second kappa shape index (κ2) is 9.89. The van der Waals surface area contributed by atoms with Gasteiger partial charge in [0.1, 0.15) is 11.6 Å². The number of hydrogen-bond acceptors (Lipinski definition) is 5. The molecule has 3 amide bonds. The van der Waals surface area contributed by atoms with Crippen molar-refractivity contribution in [2.45, 2.75) is 82.8 Å². The van der Waals surface area contributed by atoms with Gasteiger partial charge < -0.3 is 24.5 Å². The highest BCUT2D eigenvalue weighted by molar-refractivity contribution is 6.00. The van der Waals surface area contributed by atoms with Crippen molar-refractivity contribution in [2.75, 3.05) is 19.7 Å². The molecule has 4 aliphatic heterocycles. The Labute approximate surface area is 231 Å². The highest BCUT2D eigenvalue weighted by Crippen LogP contribution is 2.59. The molecule has 210 valence electrons. The van der Waals surface area contributed by atoms with Gasteiger partial charge >= 0.3 is 0 Å². The van der Waals surface area contributed by atoms with Crippen molar-refractivity contribution in [3.05, 3.63) is 60.2 Å². The van der Waals surface area contributed by atoms with E-state index >= 15 is 0 Å². The van der Waals surface area contributed by atoms with E-state index in [4.69, 9.17) is 4.74 Å². The lowest BCUT2D eigenvalue weighted by Crippen LogP contribution is -2.61. The van der Waals surface area contributed by atoms with Gasteiger partial charge in [-0.3, -0.25) is 14.4 Å². The van der Waals surface area contributed by atoms with Crippen LogP contribution in [0.15, 0.2) is 54.6 Å². The summed E-state index contributed by atoms with van der Waals surface area (Å²) in [5, 5.41) is 10.3. The number of amides is 3. The monoisotopic (exact) mass is 535 g/mol. The zero-order valence-corrected chi connectivity index (χ0v) is 23.7. The fraction of sp³-hybridized carbons (Fsp3) is 0.581. The average molecular weight is 536 g/mol. The summed E-state index contributed by atoms with van der Waals surface area (Å²) < 4.78 is 7.01. The molecule has 6 atom stereocenters. The van der Waals surface area contributed by atoms with Crippen molar-refractivity contribution in [3.8, 4) is 0 Å². The highest BCUT2D eigenvalue weighted by Gasteiger charge is 2.76. The molecule has 1 spiro atoms. The summed E-state index contributed by atoms with van der Waals surface area (Å²) in [6.07, 6.45) is 8.67. The molecule has 0 radical (unpaired) electrons. The predicted octanol–water partition coefficient (Wildman–Crippen LogP) is 2.91. The Balaban J connectivity index is 1.65. The van der Waals surface area contributed by atoms with E-state index in [9.17, 15) is 19.5 Å². The molecule has 4 heterocycles. The maximum Gasteiger partial charge on any atom is 0.249 e. The third-order valence-electron chi connectivity index (χ3n) is 9.06. The van der Waals surface area contributed by atoms with Crippen molar-refractivity contribution in [1.29, 1.82) is 0 Å². The summed E-state index contributed by atoms with van der Waals surface area (Å²) in [6, 6.07) is 8.29. The average Bonchev–Trinajstić information content (AvgIpc) is 3.20. The van der Waals surface area contributed by atoms with Gasteiger partial charge in [0.05, 0.1) is 30.1 Å². The fourth-order valence-corrected chi connectivity index (χ4v) is 7.11. The van der Waals surface area contributed by atoms with Gasteiger partial charge in [0, 0.05) is 25.2 Å². The first-order valence-corrected chi connectivity index (χ1v) is 14.2. The van der Waals surface area contributed by atoms with E-state index in [0.717, 1.165) is 5.56 Å². The number of hydrogen-bond donors (Lipinski definition) is 1. The van der Waals surface area contributed by atoms with Gasteiger partial charge in [-0.2, -0.15) is 0 Å². The number of ether oxygens (including phenoxy) is 1. The Morgan fingerprint density at radius 2 is 1.67 bits per heavy atom. The molecule has 1 unspecified atom stereocenters. The van der Waals surface area contributed by atoms with Gasteiger partial charge in [-0.1, -0.05) is 68.5 Å². The van der Waals surface area contributed by atoms with Crippen LogP contribution in [0.2, 0.25) is 0 Å². The number of aliphatic hydroxyl groups is 1. The van der Waals surface area contributed by atoms with Crippen LogP contribution in [-0.4, -0.2) is 86.0 Å². The number of carbonyl (C=O) groups excluding carboxylic acids is 3. The van der Waals surface area contributed by atoms with E-state index in [-0.39, 0.29) is 24.3 Å². The van der Waals surface area contributed by atoms with Gasteiger partial charge in [-0.05, 0) is 39.2 Å². The maximum atomic E-state index is 14.5. The lowest BCUT2D eigenvalue weighted by atomic mass is 9.73. The molecule has 8 nitrogen and oxygen atoms in total. The number of likely N-dealkylation sites (tertiary alicyclic amines) is 1. The Hall–Kier alpha value is -2.97. The Kier molecular flexibility index (Phi) is 7.00. The Bertz CT molecular complexity index is 1190. The fourth-order valence-electron chi connectivity index (χ4n) is 7.11. The third-order valence-corrected chi connectivity index (χ3v) is 9.06. The molecular formula is C31H41N3O5. The summed E-state index contributed by atoms with van der Waals surface area (Å²) >= 11 is 0. The van der Waals surface area contributed by atoms with Crippen molar-refractivity contribution < 1.29 is 24.2 Å². The molecule has 5 rings (SSSR count). The van der Waals surface area contributed by atoms with Crippen molar-refractivity contribution >= 4 is 17.7 Å². The summed E-state index contributed by atoms with van der Waals surface area (Å²) in [6.45, 7) is 10.7. The number of nitrogens with zero attached hydrogens (tertiary/aromatic N) is 3. The molecule has 2 saturated heterocycles. The molecule has 39 heavy (non-hydrogen) atoms. The van der Waals surface area contributed by atoms with Crippen LogP contribution in [0.3, 0.4) is 0 Å². The van der Waals surface area contributed by atoms with E-state index in [1.165, 1.54) is 0 Å². The zero-order valence-electron chi connectivity index (χ0n) is 23.7. The van der Waals surface area contributed by atoms with E-state index in [0.29, 0.717) is 32.5 Å². The molecule has 1 aromatic rings. The number of rotatable bonds is 6. The molecule has 0 bridgehead atoms. The standard InChI is InChI=1S/C31H41N3O5/c1-6-22(20-35)34-25-28(38)33(29(3,4)5)18-12-16-31(25)24(27(34)37)23-26(36)32(19-21-13-9-8-10-14-21)17-11-15-30(23,7-2)39-31/h8-16,22-25,35H,6-7,17-20H2,1-5H3/t22-,23+,24-,25?,30-,31-/m0/s1. The smallest absolute Gasteiger partial charge is 0.249 e. The van der Waals surface area contributed by atoms with Crippen LogP contribution in [0.25, 0.3) is 0 Å². The summed E-state index contributed by atoms with van der Waals surface area (Å²) in [5.41, 5.74) is -1.82. The maximum absolute atomic E-state index is 14.5. The molecular weight excluding hydrogens is 494 g/mol. The highest BCUT2D eigenvalue weighted by atomic mass is 16.5. The van der Waals surface area contributed by atoms with E-state index < -0.39 is 40.7 Å². The van der Waals surface area contributed by atoms with Gasteiger partial charge in [0.25, 0.3) is 0 Å². The first-order chi connectivity index (χ1) is 18.5. The molecule has 4 aliphatic rings. The molecule has 2 fully saturated rings. The minimum Gasteiger partial charge on any atom is -0.394 e. The number of aliphatic hydroxyl groups excluding tert-OH is 1. The number of fused-ring (bicyclic) bond motifs is 2. The normalized spacial score (nSPS) is 33.1. The minimum absolute atomic E-state index is 0.142. The summed E-state index contributed by atoms with van der Waals surface area (Å²) in [7, 11) is 0. The van der Waals surface area contributed by atoms with Crippen LogP contribution in [-0.2, 0) is 25.7 Å². The summed E-state index contributed by atoms with van der Waals surface area (Å²) in [4.78, 5) is 48.4. The van der Waals surface area contributed by atoms with Crippen LogP contribution >= 0.6 is 0 Å². The second-order valence-electron chi connectivity index (χ2n) is 12.2. The van der Waals surface area contributed by atoms with Crippen molar-refractivity contribution in [1.82, 2.24) is 14.7 Å². The number of carbonyl (C=O) groups is 3. The second-order valence-corrected chi connectivity index (χ2v) is 12.2. The molecule has 0 saturated carbocycles. The predicted molar refractivity (Wildman–Crippen MR) is 147 cm³/mol. The first kappa shape index (κ1) is 27.6. The van der Waals surface area contributed by atoms with E-state index in [1.807, 2.05) is 89.3 Å². The van der Waals surface area contributed by atoms with Crippen LogP contribution in [0.5, 0.6) is 0 Å². The largest absolute Gasteiger partial charge is 0.394 e. The van der Waals surface area contributed by atoms with Gasteiger partial charge in [0.2, 0.25) is 17.7 Å². The number of benzene rings is 1. The van der Waals surface area contributed by atoms with E-state index in [1.54, 1.807) is 14.7 Å². The van der Waals surface area contributed by atoms with Gasteiger partial charge in [0.15, 0.2) is 0 Å². The SMILES string of the molecule is CC[C@@H](CO)N1C(=O)[C@@H]2[C@@H]3C(=O)N(Cc4ccccc4)CC=C[C@]3(CC)O[C@@]23C=CCN(C(C)(C)C)C(=O)C13. The Morgan fingerprint density at radius 3 is 2.28 bits per heavy atom. The lowest BCUT2D eigenvalue weighted by molar-refractivity contribution is -0.159. The van der Waals surface area contributed by atoms with Crippen molar-refractivity contribution in [3.63, 3.8) is 0 Å². The molecule has 0 aromatic heterocycles. The topological polar surface area (TPSA) is 90.4 Å². The third kappa shape index (κ3) is 4.14. The lowest BCUT2D eigenvalue weighted by Gasteiger charge is -2.43. The first-order valence-electron chi connectivity index (χ1n) is 14.2. The van der Waals surface area contributed by atoms with Crippen molar-refractivity contribution in [2.24, 2.45) is 11.8 Å². The molecule has 0 aliphatic carbocycles. The zero-order chi connectivity index (χ0) is 28.2. The quantitative estimate of drug-likeness (QED) is 0.566. The van der Waals surface area contributed by atoms with Crippen LogP contribution in [0, 0.1) is 11.8 Å². The molecule has 8 heteroatoms. The van der Waals surface area contributed by atoms with Crippen LogP contribution in [0.1, 0.15) is 53.0 Å². The minimum atomic E-state index is -1.31. The van der Waals surface area contributed by atoms with E-state index in [2.05, 4.69) is 0 Å². The molecule has 1 N–H and O–H groups in total. The van der Waals surface area contributed by atoms with Gasteiger partial charge in [-0.25, -0.2) is 0 Å². The Morgan fingerprint density at radius 1 is 0.974 bits per heavy atom. The van der Waals surface area contributed by atoms with Crippen LogP contribution in [0.4, 0.5) is 0 Å². The van der Waals surface area contributed by atoms with Gasteiger partial charge in [-0.15, -0.1) is 0 Å². The van der Waals surface area contributed by atoms with Crippen LogP contribution < -0.4 is 0 Å². The summed E-state index contributed by atoms with van der Waals surface area (Å²) in [5.74, 6) is -2.32. The molecule has 1 aromatic carbocycles.